The van der Waals surface area contributed by atoms with Gasteiger partial charge in [-0.3, -0.25) is 14.5 Å². The maximum absolute atomic E-state index is 13.1. The van der Waals surface area contributed by atoms with Gasteiger partial charge in [-0.25, -0.2) is 4.79 Å². The Morgan fingerprint density at radius 1 is 1.28 bits per heavy atom. The molecule has 8 heteroatoms. The number of thiophene rings is 1. The van der Waals surface area contributed by atoms with Crippen LogP contribution in [0, 0.1) is 25.2 Å². The van der Waals surface area contributed by atoms with Gasteiger partial charge in [0.15, 0.2) is 0 Å². The highest BCUT2D eigenvalue weighted by atomic mass is 32.1. The van der Waals surface area contributed by atoms with Gasteiger partial charge in [0, 0.05) is 12.2 Å². The molecule has 0 aliphatic carbocycles. The van der Waals surface area contributed by atoms with Crippen molar-refractivity contribution in [2.45, 2.75) is 32.7 Å². The zero-order chi connectivity index (χ0) is 21.2. The molecule has 1 aliphatic heterocycles. The van der Waals surface area contributed by atoms with E-state index in [-0.39, 0.29) is 19.5 Å². The molecule has 0 bridgehead atoms. The highest BCUT2D eigenvalue weighted by molar-refractivity contribution is 7.08. The van der Waals surface area contributed by atoms with Gasteiger partial charge in [0.1, 0.15) is 12.1 Å². The van der Waals surface area contributed by atoms with Gasteiger partial charge in [-0.2, -0.15) is 16.6 Å². The second kappa shape index (κ2) is 8.05. The van der Waals surface area contributed by atoms with Gasteiger partial charge < -0.3 is 10.2 Å². The Kier molecular flexibility index (Phi) is 5.71. The third-order valence-electron chi connectivity index (χ3n) is 4.93. The van der Waals surface area contributed by atoms with Crippen LogP contribution in [-0.4, -0.2) is 35.8 Å². The SMILES string of the molecule is Cc1cc(C)cc(N(CCC#N)C(=O)CN2C(=O)NC(C)(c3ccsc3)C2=O)c1. The van der Waals surface area contributed by atoms with E-state index in [1.54, 1.807) is 18.4 Å². The predicted octanol–water partition coefficient (Wildman–Crippen LogP) is 3.08. The standard InChI is InChI=1S/C21H22N4O3S/c1-14-9-15(2)11-17(10-14)24(7-4-6-22)18(26)12-25-19(27)21(3,23-20(25)28)16-5-8-29-13-16/h5,8-11,13H,4,7,12H2,1-3H3,(H,23,28). The second-order valence-corrected chi connectivity index (χ2v) is 8.04. The number of hydrogen-bond acceptors (Lipinski definition) is 5. The van der Waals surface area contributed by atoms with E-state index in [1.165, 1.54) is 16.2 Å². The van der Waals surface area contributed by atoms with E-state index in [0.29, 0.717) is 11.3 Å². The number of imide groups is 1. The smallest absolute Gasteiger partial charge is 0.319 e. The molecule has 2 heterocycles. The molecule has 2 aromatic rings. The van der Waals surface area contributed by atoms with Crippen LogP contribution < -0.4 is 10.2 Å². The van der Waals surface area contributed by atoms with E-state index < -0.39 is 23.4 Å². The first-order valence-electron chi connectivity index (χ1n) is 9.18. The lowest BCUT2D eigenvalue weighted by Crippen LogP contribution is -2.45. The third kappa shape index (κ3) is 4.00. The second-order valence-electron chi connectivity index (χ2n) is 7.26. The summed E-state index contributed by atoms with van der Waals surface area (Å²) in [6.45, 7) is 5.28. The molecule has 3 rings (SSSR count). The van der Waals surface area contributed by atoms with Crippen LogP contribution in [0.25, 0.3) is 0 Å². The number of amides is 4. The largest absolute Gasteiger partial charge is 0.325 e. The Balaban J connectivity index is 1.85. The van der Waals surface area contributed by atoms with Crippen molar-refractivity contribution in [1.29, 1.82) is 5.26 Å². The molecule has 0 saturated carbocycles. The molecule has 1 unspecified atom stereocenters. The molecule has 0 radical (unpaired) electrons. The molecule has 1 atom stereocenters. The third-order valence-corrected chi connectivity index (χ3v) is 5.62. The fourth-order valence-electron chi connectivity index (χ4n) is 3.47. The molecule has 0 spiro atoms. The van der Waals surface area contributed by atoms with Crippen LogP contribution in [0.2, 0.25) is 0 Å². The number of carbonyl (C=O) groups excluding carboxylic acids is 3. The van der Waals surface area contributed by atoms with Crippen molar-refractivity contribution in [2.24, 2.45) is 0 Å². The molecule has 1 saturated heterocycles. The molecule has 1 aromatic carbocycles. The number of nitrogens with one attached hydrogen (secondary N) is 1. The fourth-order valence-corrected chi connectivity index (χ4v) is 4.24. The fraction of sp³-hybridized carbons (Fsp3) is 0.333. The van der Waals surface area contributed by atoms with Crippen LogP contribution in [0.5, 0.6) is 0 Å². The number of carbonyl (C=O) groups is 3. The minimum atomic E-state index is -1.19. The Labute approximate surface area is 173 Å². The number of aryl methyl sites for hydroxylation is 2. The number of hydrogen-bond donors (Lipinski definition) is 1. The van der Waals surface area contributed by atoms with Gasteiger partial charge in [0.05, 0.1) is 12.5 Å². The normalized spacial score (nSPS) is 18.5. The van der Waals surface area contributed by atoms with Crippen molar-refractivity contribution >= 4 is 34.9 Å². The number of rotatable bonds is 6. The summed E-state index contributed by atoms with van der Waals surface area (Å²) in [5.41, 5.74) is 2.11. The lowest BCUT2D eigenvalue weighted by molar-refractivity contribution is -0.134. The van der Waals surface area contributed by atoms with E-state index in [0.717, 1.165) is 16.0 Å². The highest BCUT2D eigenvalue weighted by Gasteiger charge is 2.50. The van der Waals surface area contributed by atoms with Crippen molar-refractivity contribution in [1.82, 2.24) is 10.2 Å². The number of nitriles is 1. The predicted molar refractivity (Wildman–Crippen MR) is 110 cm³/mol. The van der Waals surface area contributed by atoms with Crippen LogP contribution in [0.3, 0.4) is 0 Å². The molecule has 1 aliphatic rings. The maximum Gasteiger partial charge on any atom is 0.325 e. The monoisotopic (exact) mass is 410 g/mol. The summed E-state index contributed by atoms with van der Waals surface area (Å²) in [7, 11) is 0. The average Bonchev–Trinajstić information content (AvgIpc) is 3.26. The lowest BCUT2D eigenvalue weighted by Gasteiger charge is -2.25. The lowest BCUT2D eigenvalue weighted by atomic mass is 9.95. The zero-order valence-corrected chi connectivity index (χ0v) is 17.4. The molecule has 29 heavy (non-hydrogen) atoms. The first-order chi connectivity index (χ1) is 13.8. The summed E-state index contributed by atoms with van der Waals surface area (Å²) in [5.74, 6) is -0.877. The molecule has 1 fully saturated rings. The van der Waals surface area contributed by atoms with Gasteiger partial charge in [-0.1, -0.05) is 6.07 Å². The van der Waals surface area contributed by atoms with Gasteiger partial charge in [0.25, 0.3) is 5.91 Å². The van der Waals surface area contributed by atoms with E-state index >= 15 is 0 Å². The highest BCUT2D eigenvalue weighted by Crippen LogP contribution is 2.30. The molecular weight excluding hydrogens is 388 g/mol. The Hall–Kier alpha value is -3.18. The van der Waals surface area contributed by atoms with E-state index in [1.807, 2.05) is 43.5 Å². The minimum absolute atomic E-state index is 0.144. The van der Waals surface area contributed by atoms with Crippen LogP contribution in [0.1, 0.15) is 30.0 Å². The topological polar surface area (TPSA) is 93.5 Å². The summed E-state index contributed by atoms with van der Waals surface area (Å²) in [6.07, 6.45) is 0.144. The minimum Gasteiger partial charge on any atom is -0.319 e. The summed E-state index contributed by atoms with van der Waals surface area (Å²) in [5, 5.41) is 15.3. The summed E-state index contributed by atoms with van der Waals surface area (Å²) >= 11 is 1.43. The van der Waals surface area contributed by atoms with Crippen molar-refractivity contribution in [3.63, 3.8) is 0 Å². The van der Waals surface area contributed by atoms with Crippen LogP contribution in [0.4, 0.5) is 10.5 Å². The van der Waals surface area contributed by atoms with Crippen LogP contribution in [-0.2, 0) is 15.1 Å². The molecule has 1 N–H and O–H groups in total. The number of benzene rings is 1. The number of urea groups is 1. The average molecular weight is 410 g/mol. The van der Waals surface area contributed by atoms with Crippen LogP contribution >= 0.6 is 11.3 Å². The Morgan fingerprint density at radius 3 is 2.55 bits per heavy atom. The first kappa shape index (κ1) is 20.6. The summed E-state index contributed by atoms with van der Waals surface area (Å²) in [4.78, 5) is 40.9. The summed E-state index contributed by atoms with van der Waals surface area (Å²) < 4.78 is 0. The van der Waals surface area contributed by atoms with Crippen molar-refractivity contribution in [3.05, 3.63) is 51.7 Å². The molecule has 1 aromatic heterocycles. The molecule has 4 amide bonds. The van der Waals surface area contributed by atoms with Gasteiger partial charge in [-0.15, -0.1) is 0 Å². The maximum atomic E-state index is 13.1. The van der Waals surface area contributed by atoms with E-state index in [9.17, 15) is 14.4 Å². The van der Waals surface area contributed by atoms with Crippen molar-refractivity contribution < 1.29 is 14.4 Å². The van der Waals surface area contributed by atoms with E-state index in [4.69, 9.17) is 5.26 Å². The number of nitrogens with zero attached hydrogens (tertiary/aromatic N) is 3. The Morgan fingerprint density at radius 2 is 1.97 bits per heavy atom. The first-order valence-corrected chi connectivity index (χ1v) is 10.1. The van der Waals surface area contributed by atoms with E-state index in [2.05, 4.69) is 5.32 Å². The zero-order valence-electron chi connectivity index (χ0n) is 16.6. The van der Waals surface area contributed by atoms with Gasteiger partial charge in [-0.05, 0) is 66.4 Å². The van der Waals surface area contributed by atoms with Crippen LogP contribution in [0.15, 0.2) is 35.0 Å². The molecular formula is C21H22N4O3S. The molecule has 150 valence electrons. The van der Waals surface area contributed by atoms with Crippen molar-refractivity contribution in [2.75, 3.05) is 18.0 Å². The molecule has 7 nitrogen and oxygen atoms in total. The van der Waals surface area contributed by atoms with Gasteiger partial charge in [0.2, 0.25) is 5.91 Å². The quantitative estimate of drug-likeness (QED) is 0.741. The van der Waals surface area contributed by atoms with Gasteiger partial charge >= 0.3 is 6.03 Å². The summed E-state index contributed by atoms with van der Waals surface area (Å²) in [6, 6.07) is 8.91. The number of anilines is 1. The van der Waals surface area contributed by atoms with Crippen molar-refractivity contribution in [3.8, 4) is 6.07 Å². The Bertz CT molecular complexity index is 976.